The Balaban J connectivity index is 1.83. The number of methoxy groups -OCH3 is 2. The third-order valence-electron chi connectivity index (χ3n) is 7.43. The van der Waals surface area contributed by atoms with Gasteiger partial charge in [0.15, 0.2) is 11.5 Å². The molecule has 4 aromatic carbocycles. The number of amides is 2. The van der Waals surface area contributed by atoms with Gasteiger partial charge in [-0.15, -0.1) is 0 Å². The molecule has 0 aliphatic rings. The molecule has 0 saturated carbocycles. The van der Waals surface area contributed by atoms with Crippen LogP contribution in [-0.4, -0.2) is 58.5 Å². The van der Waals surface area contributed by atoms with E-state index < -0.39 is 28.5 Å². The summed E-state index contributed by atoms with van der Waals surface area (Å²) in [6.07, 6.45) is 0.215. The van der Waals surface area contributed by atoms with Crippen molar-refractivity contribution in [1.29, 1.82) is 0 Å². The van der Waals surface area contributed by atoms with Crippen LogP contribution >= 0.6 is 11.6 Å². The molecule has 4 aromatic rings. The third kappa shape index (κ3) is 8.38. The number of anilines is 1. The lowest BCUT2D eigenvalue weighted by Crippen LogP contribution is -2.53. The fourth-order valence-corrected chi connectivity index (χ4v) is 6.51. The van der Waals surface area contributed by atoms with Gasteiger partial charge in [0.05, 0.1) is 24.8 Å². The van der Waals surface area contributed by atoms with Crippen LogP contribution in [0.4, 0.5) is 5.69 Å². The number of nitrogens with one attached hydrogen (secondary N) is 1. The Morgan fingerprint density at radius 1 is 0.848 bits per heavy atom. The SMILES string of the molecule is CCNC(=O)[C@@H](Cc1ccccc1)N(Cc1ccc(Cl)cc1)C(=O)CN(c1ccc(OC)c(OC)c1)S(=O)(=O)c1ccc(C)cc1. The molecule has 9 nitrogen and oxygen atoms in total. The van der Waals surface area contributed by atoms with Gasteiger partial charge in [-0.3, -0.25) is 13.9 Å². The first kappa shape index (κ1) is 34.3. The highest BCUT2D eigenvalue weighted by Crippen LogP contribution is 2.34. The molecule has 0 aliphatic heterocycles. The van der Waals surface area contributed by atoms with Crippen LogP contribution in [0, 0.1) is 6.92 Å². The van der Waals surface area contributed by atoms with Crippen LogP contribution in [0.15, 0.2) is 102 Å². The van der Waals surface area contributed by atoms with Crippen molar-refractivity contribution in [3.8, 4) is 11.5 Å². The molecule has 0 unspecified atom stereocenters. The Labute approximate surface area is 275 Å². The number of aryl methyl sites for hydroxylation is 1. The Kier molecular flexibility index (Phi) is 11.7. The van der Waals surface area contributed by atoms with Gasteiger partial charge in [0.25, 0.3) is 10.0 Å². The molecular weight excluding hydrogens is 626 g/mol. The maximum absolute atomic E-state index is 14.5. The van der Waals surface area contributed by atoms with Crippen LogP contribution in [0.3, 0.4) is 0 Å². The van der Waals surface area contributed by atoms with Crippen LogP contribution in [-0.2, 0) is 32.6 Å². The normalized spacial score (nSPS) is 11.8. The number of halogens is 1. The summed E-state index contributed by atoms with van der Waals surface area (Å²) in [4.78, 5) is 29.6. The first-order valence-corrected chi connectivity index (χ1v) is 16.6. The lowest BCUT2D eigenvalue weighted by molar-refractivity contribution is -0.140. The maximum atomic E-state index is 14.5. The molecule has 11 heteroatoms. The molecule has 2 amide bonds. The van der Waals surface area contributed by atoms with E-state index in [4.69, 9.17) is 21.1 Å². The minimum absolute atomic E-state index is 0.00879. The molecule has 1 atom stereocenters. The molecule has 1 N–H and O–H groups in total. The lowest BCUT2D eigenvalue weighted by atomic mass is 10.0. The van der Waals surface area contributed by atoms with Crippen molar-refractivity contribution >= 4 is 39.1 Å². The Hall–Kier alpha value is -4.54. The number of sulfonamides is 1. The van der Waals surface area contributed by atoms with Crippen LogP contribution in [0.1, 0.15) is 23.6 Å². The molecule has 46 heavy (non-hydrogen) atoms. The summed E-state index contributed by atoms with van der Waals surface area (Å²) in [7, 11) is -1.34. The minimum Gasteiger partial charge on any atom is -0.493 e. The van der Waals surface area contributed by atoms with E-state index >= 15 is 0 Å². The molecule has 0 saturated heterocycles. The topological polar surface area (TPSA) is 105 Å². The van der Waals surface area contributed by atoms with Crippen molar-refractivity contribution in [3.05, 3.63) is 119 Å². The number of carbonyl (C=O) groups is 2. The number of likely N-dealkylation sites (N-methyl/N-ethyl adjacent to an activating group) is 1. The Morgan fingerprint density at radius 3 is 2.11 bits per heavy atom. The van der Waals surface area contributed by atoms with Gasteiger partial charge in [-0.2, -0.15) is 0 Å². The number of benzene rings is 4. The van der Waals surface area contributed by atoms with Crippen LogP contribution in [0.5, 0.6) is 11.5 Å². The highest BCUT2D eigenvalue weighted by Gasteiger charge is 2.35. The fourth-order valence-electron chi connectivity index (χ4n) is 4.98. The van der Waals surface area contributed by atoms with Gasteiger partial charge in [0.2, 0.25) is 11.8 Å². The summed E-state index contributed by atoms with van der Waals surface area (Å²) in [5, 5.41) is 3.38. The first-order valence-electron chi connectivity index (χ1n) is 14.7. The van der Waals surface area contributed by atoms with E-state index in [0.29, 0.717) is 23.1 Å². The molecule has 4 rings (SSSR count). The van der Waals surface area contributed by atoms with E-state index in [2.05, 4.69) is 5.32 Å². The summed E-state index contributed by atoms with van der Waals surface area (Å²) in [6.45, 7) is 3.45. The van der Waals surface area contributed by atoms with Crippen LogP contribution in [0.25, 0.3) is 0 Å². The molecule has 0 fully saturated rings. The summed E-state index contributed by atoms with van der Waals surface area (Å²) >= 11 is 6.14. The van der Waals surface area contributed by atoms with Gasteiger partial charge in [-0.1, -0.05) is 71.8 Å². The van der Waals surface area contributed by atoms with Gasteiger partial charge in [0.1, 0.15) is 12.6 Å². The van der Waals surface area contributed by atoms with Gasteiger partial charge in [-0.05, 0) is 61.4 Å². The lowest BCUT2D eigenvalue weighted by Gasteiger charge is -2.34. The number of hydrogen-bond acceptors (Lipinski definition) is 6. The molecule has 0 radical (unpaired) electrons. The third-order valence-corrected chi connectivity index (χ3v) is 9.47. The second kappa shape index (κ2) is 15.6. The Morgan fingerprint density at radius 2 is 1.50 bits per heavy atom. The van der Waals surface area contributed by atoms with Crippen molar-refractivity contribution in [1.82, 2.24) is 10.2 Å². The first-order chi connectivity index (χ1) is 22.1. The van der Waals surface area contributed by atoms with Crippen molar-refractivity contribution in [3.63, 3.8) is 0 Å². The predicted molar refractivity (Wildman–Crippen MR) is 180 cm³/mol. The number of carbonyl (C=O) groups excluding carboxylic acids is 2. The molecule has 0 heterocycles. The van der Waals surface area contributed by atoms with E-state index in [1.165, 1.54) is 37.3 Å². The van der Waals surface area contributed by atoms with E-state index in [-0.39, 0.29) is 29.5 Å². The number of rotatable bonds is 14. The largest absolute Gasteiger partial charge is 0.493 e. The van der Waals surface area contributed by atoms with Gasteiger partial charge in [-0.25, -0.2) is 8.42 Å². The zero-order valence-electron chi connectivity index (χ0n) is 26.3. The minimum atomic E-state index is -4.27. The highest BCUT2D eigenvalue weighted by molar-refractivity contribution is 7.92. The summed E-state index contributed by atoms with van der Waals surface area (Å²) in [5.41, 5.74) is 2.64. The van der Waals surface area contributed by atoms with Crippen LogP contribution < -0.4 is 19.1 Å². The summed E-state index contributed by atoms with van der Waals surface area (Å²) in [6, 6.07) is 26.4. The van der Waals surface area contributed by atoms with Crippen LogP contribution in [0.2, 0.25) is 5.02 Å². The van der Waals surface area contributed by atoms with E-state index in [1.54, 1.807) is 55.5 Å². The Bertz CT molecular complexity index is 1730. The number of hydrogen-bond donors (Lipinski definition) is 1. The van der Waals surface area contributed by atoms with Gasteiger partial charge in [0, 0.05) is 30.6 Å². The highest BCUT2D eigenvalue weighted by atomic mass is 35.5. The zero-order valence-corrected chi connectivity index (χ0v) is 27.8. The summed E-state index contributed by atoms with van der Waals surface area (Å²) < 4.78 is 40.3. The van der Waals surface area contributed by atoms with Crippen molar-refractivity contribution in [2.75, 3.05) is 31.6 Å². The number of ether oxygens (including phenoxy) is 2. The van der Waals surface area contributed by atoms with E-state index in [1.807, 2.05) is 37.3 Å². The second-order valence-corrected chi connectivity index (χ2v) is 12.9. The van der Waals surface area contributed by atoms with Gasteiger partial charge >= 0.3 is 0 Å². The van der Waals surface area contributed by atoms with Gasteiger partial charge < -0.3 is 19.7 Å². The van der Waals surface area contributed by atoms with Crippen molar-refractivity contribution in [2.45, 2.75) is 37.8 Å². The zero-order chi connectivity index (χ0) is 33.3. The van der Waals surface area contributed by atoms with Crippen molar-refractivity contribution < 1.29 is 27.5 Å². The van der Waals surface area contributed by atoms with E-state index in [9.17, 15) is 18.0 Å². The average molecular weight is 664 g/mol. The molecule has 0 spiro atoms. The monoisotopic (exact) mass is 663 g/mol. The molecule has 0 bridgehead atoms. The maximum Gasteiger partial charge on any atom is 0.264 e. The molecular formula is C35H38ClN3O6S. The standard InChI is InChI=1S/C35H38ClN3O6S/c1-5-37-35(41)31(21-26-9-7-6-8-10-26)38(23-27-13-15-28(36)16-14-27)34(40)24-39(29-17-20-32(44-3)33(22-29)45-4)46(42,43)30-18-11-25(2)12-19-30/h6-20,22,31H,5,21,23-24H2,1-4H3,(H,37,41)/t31-/m1/s1. The molecule has 0 aromatic heterocycles. The predicted octanol–water partition coefficient (Wildman–Crippen LogP) is 5.64. The quantitative estimate of drug-likeness (QED) is 0.187. The molecule has 242 valence electrons. The average Bonchev–Trinajstić information content (AvgIpc) is 3.06. The molecule has 0 aliphatic carbocycles. The van der Waals surface area contributed by atoms with Crippen molar-refractivity contribution in [2.24, 2.45) is 0 Å². The smallest absolute Gasteiger partial charge is 0.264 e. The number of nitrogens with zero attached hydrogens (tertiary/aromatic N) is 2. The fraction of sp³-hybridized carbons (Fsp3) is 0.257. The second-order valence-electron chi connectivity index (χ2n) is 10.6. The summed E-state index contributed by atoms with van der Waals surface area (Å²) in [5.74, 6) is -0.243. The van der Waals surface area contributed by atoms with E-state index in [0.717, 1.165) is 21.0 Å².